The third-order valence-corrected chi connectivity index (χ3v) is 5.43. The Bertz CT molecular complexity index is 659. The number of piperidine rings is 1. The SMILES string of the molecule is COCCOCOc1ccc2c(c1)OC1(CCN(C(C)(C)C)CC1)CC2=O. The Hall–Kier alpha value is -1.63. The summed E-state index contributed by atoms with van der Waals surface area (Å²) < 4.78 is 22.3. The van der Waals surface area contributed by atoms with Crippen LogP contribution in [0.4, 0.5) is 0 Å². The third-order valence-electron chi connectivity index (χ3n) is 5.43. The molecule has 0 bridgehead atoms. The number of carbonyl (C=O) groups excluding carboxylic acids is 1. The predicted octanol–water partition coefficient (Wildman–Crippen LogP) is 3.28. The van der Waals surface area contributed by atoms with Crippen LogP contribution >= 0.6 is 0 Å². The molecule has 1 aromatic rings. The first-order chi connectivity index (χ1) is 12.8. The minimum absolute atomic E-state index is 0.141. The second kappa shape index (κ2) is 8.17. The monoisotopic (exact) mass is 377 g/mol. The van der Waals surface area contributed by atoms with Gasteiger partial charge in [0, 0.05) is 44.6 Å². The van der Waals surface area contributed by atoms with Crippen molar-refractivity contribution in [2.24, 2.45) is 0 Å². The molecule has 1 saturated heterocycles. The van der Waals surface area contributed by atoms with E-state index in [4.69, 9.17) is 18.9 Å². The highest BCUT2D eigenvalue weighted by atomic mass is 16.7. The maximum atomic E-state index is 12.7. The van der Waals surface area contributed by atoms with Crippen LogP contribution in [-0.2, 0) is 9.47 Å². The number of ether oxygens (including phenoxy) is 4. The minimum atomic E-state index is -0.389. The Kier molecular flexibility index (Phi) is 6.08. The summed E-state index contributed by atoms with van der Waals surface area (Å²) in [6.45, 7) is 9.71. The molecule has 3 rings (SSSR count). The average molecular weight is 377 g/mol. The highest BCUT2D eigenvalue weighted by Gasteiger charge is 2.44. The molecular weight excluding hydrogens is 346 g/mol. The number of Topliss-reactive ketones (excluding diaryl/α,β-unsaturated/α-hetero) is 1. The van der Waals surface area contributed by atoms with Crippen LogP contribution in [0, 0.1) is 0 Å². The van der Waals surface area contributed by atoms with Gasteiger partial charge in [-0.1, -0.05) is 0 Å². The molecule has 2 heterocycles. The van der Waals surface area contributed by atoms with Crippen molar-refractivity contribution in [1.29, 1.82) is 0 Å². The Labute approximate surface area is 161 Å². The van der Waals surface area contributed by atoms with E-state index in [0.29, 0.717) is 36.7 Å². The first kappa shape index (κ1) is 20.1. The van der Waals surface area contributed by atoms with Crippen molar-refractivity contribution in [3.63, 3.8) is 0 Å². The predicted molar refractivity (Wildman–Crippen MR) is 103 cm³/mol. The molecule has 0 unspecified atom stereocenters. The number of ketones is 1. The van der Waals surface area contributed by atoms with Crippen molar-refractivity contribution in [2.75, 3.05) is 40.2 Å². The smallest absolute Gasteiger partial charge is 0.189 e. The summed E-state index contributed by atoms with van der Waals surface area (Å²) in [4.78, 5) is 15.2. The Morgan fingerprint density at radius 3 is 2.59 bits per heavy atom. The van der Waals surface area contributed by atoms with Gasteiger partial charge in [0.25, 0.3) is 0 Å². The summed E-state index contributed by atoms with van der Waals surface area (Å²) >= 11 is 0. The number of nitrogens with zero attached hydrogens (tertiary/aromatic N) is 1. The molecule has 150 valence electrons. The first-order valence-corrected chi connectivity index (χ1v) is 9.64. The van der Waals surface area contributed by atoms with Gasteiger partial charge in [-0.2, -0.15) is 0 Å². The van der Waals surface area contributed by atoms with Crippen LogP contribution < -0.4 is 9.47 Å². The van der Waals surface area contributed by atoms with Gasteiger partial charge in [0.1, 0.15) is 17.1 Å². The lowest BCUT2D eigenvalue weighted by molar-refractivity contribution is -0.0301. The molecule has 27 heavy (non-hydrogen) atoms. The highest BCUT2D eigenvalue weighted by Crippen LogP contribution is 2.41. The number of hydrogen-bond donors (Lipinski definition) is 0. The van der Waals surface area contributed by atoms with E-state index in [1.165, 1.54) is 0 Å². The molecule has 2 aliphatic heterocycles. The second-order valence-corrected chi connectivity index (χ2v) is 8.36. The van der Waals surface area contributed by atoms with Crippen LogP contribution in [0.25, 0.3) is 0 Å². The standard InChI is InChI=1S/C21H31NO5/c1-20(2,3)22-9-7-21(8-10-22)14-18(23)17-6-5-16(13-19(17)27-21)26-15-25-12-11-24-4/h5-6,13H,7-12,14-15H2,1-4H3. The average Bonchev–Trinajstić information content (AvgIpc) is 2.61. The quantitative estimate of drug-likeness (QED) is 0.560. The number of methoxy groups -OCH3 is 1. The number of fused-ring (bicyclic) bond motifs is 1. The van der Waals surface area contributed by atoms with Gasteiger partial charge in [-0.15, -0.1) is 0 Å². The molecule has 0 aliphatic carbocycles. The van der Waals surface area contributed by atoms with E-state index in [2.05, 4.69) is 25.7 Å². The van der Waals surface area contributed by atoms with Crippen molar-refractivity contribution in [3.05, 3.63) is 23.8 Å². The minimum Gasteiger partial charge on any atom is -0.486 e. The van der Waals surface area contributed by atoms with Crippen molar-refractivity contribution in [1.82, 2.24) is 4.90 Å². The van der Waals surface area contributed by atoms with Gasteiger partial charge in [-0.3, -0.25) is 9.69 Å². The zero-order valence-corrected chi connectivity index (χ0v) is 16.9. The fraction of sp³-hybridized carbons (Fsp3) is 0.667. The van der Waals surface area contributed by atoms with E-state index in [1.807, 2.05) is 6.07 Å². The molecule has 2 aliphatic rings. The van der Waals surface area contributed by atoms with Crippen LogP contribution in [0.1, 0.15) is 50.4 Å². The zero-order chi connectivity index (χ0) is 19.5. The van der Waals surface area contributed by atoms with Crippen LogP contribution in [0.3, 0.4) is 0 Å². The van der Waals surface area contributed by atoms with Crippen LogP contribution in [0.15, 0.2) is 18.2 Å². The molecule has 0 N–H and O–H groups in total. The third kappa shape index (κ3) is 4.81. The second-order valence-electron chi connectivity index (χ2n) is 8.36. The van der Waals surface area contributed by atoms with Gasteiger partial charge in [-0.25, -0.2) is 0 Å². The number of benzene rings is 1. The lowest BCUT2D eigenvalue weighted by Crippen LogP contribution is -2.55. The summed E-state index contributed by atoms with van der Waals surface area (Å²) in [7, 11) is 1.63. The van der Waals surface area contributed by atoms with Crippen LogP contribution in [0.5, 0.6) is 11.5 Å². The molecule has 1 spiro atoms. The van der Waals surface area contributed by atoms with Gasteiger partial charge in [-0.05, 0) is 32.9 Å². The van der Waals surface area contributed by atoms with E-state index in [0.717, 1.165) is 25.9 Å². The van der Waals surface area contributed by atoms with Crippen molar-refractivity contribution >= 4 is 5.78 Å². The molecule has 6 nitrogen and oxygen atoms in total. The summed E-state index contributed by atoms with van der Waals surface area (Å²) in [6.07, 6.45) is 2.18. The van der Waals surface area contributed by atoms with E-state index in [1.54, 1.807) is 19.2 Å². The van der Waals surface area contributed by atoms with Crippen LogP contribution in [-0.4, -0.2) is 62.0 Å². The lowest BCUT2D eigenvalue weighted by atomic mass is 9.81. The van der Waals surface area contributed by atoms with Gasteiger partial charge in [0.2, 0.25) is 0 Å². The van der Waals surface area contributed by atoms with E-state index < -0.39 is 0 Å². The molecule has 0 radical (unpaired) electrons. The zero-order valence-electron chi connectivity index (χ0n) is 16.9. The van der Waals surface area contributed by atoms with Gasteiger partial charge in [0.05, 0.1) is 25.2 Å². The fourth-order valence-corrected chi connectivity index (χ4v) is 3.74. The molecular formula is C21H31NO5. The maximum absolute atomic E-state index is 12.7. The number of hydrogen-bond acceptors (Lipinski definition) is 6. The Morgan fingerprint density at radius 1 is 1.19 bits per heavy atom. The van der Waals surface area contributed by atoms with Gasteiger partial charge >= 0.3 is 0 Å². The number of rotatable bonds is 6. The maximum Gasteiger partial charge on any atom is 0.189 e. The normalized spacial score (nSPS) is 19.6. The number of likely N-dealkylation sites (tertiary alicyclic amines) is 1. The van der Waals surface area contributed by atoms with Crippen LogP contribution in [0.2, 0.25) is 0 Å². The van der Waals surface area contributed by atoms with E-state index in [9.17, 15) is 4.79 Å². The van der Waals surface area contributed by atoms with Gasteiger partial charge in [0.15, 0.2) is 12.6 Å². The lowest BCUT2D eigenvalue weighted by Gasteiger charge is -2.47. The molecule has 0 aromatic heterocycles. The summed E-state index contributed by atoms with van der Waals surface area (Å²) in [6, 6.07) is 5.39. The largest absolute Gasteiger partial charge is 0.486 e. The van der Waals surface area contributed by atoms with Crippen molar-refractivity contribution < 1.29 is 23.7 Å². The summed E-state index contributed by atoms with van der Waals surface area (Å²) in [5.74, 6) is 1.43. The Balaban J connectivity index is 1.65. The fourth-order valence-electron chi connectivity index (χ4n) is 3.74. The van der Waals surface area contributed by atoms with Gasteiger partial charge < -0.3 is 18.9 Å². The summed E-state index contributed by atoms with van der Waals surface area (Å²) in [5, 5.41) is 0. The van der Waals surface area contributed by atoms with Crippen molar-refractivity contribution in [3.8, 4) is 11.5 Å². The highest BCUT2D eigenvalue weighted by molar-refractivity contribution is 6.00. The molecule has 0 atom stereocenters. The molecule has 1 fully saturated rings. The first-order valence-electron chi connectivity index (χ1n) is 9.64. The van der Waals surface area contributed by atoms with Crippen molar-refractivity contribution in [2.45, 2.75) is 51.2 Å². The van der Waals surface area contributed by atoms with E-state index >= 15 is 0 Å². The number of carbonyl (C=O) groups is 1. The molecule has 6 heteroatoms. The van der Waals surface area contributed by atoms with E-state index in [-0.39, 0.29) is 23.7 Å². The molecule has 0 saturated carbocycles. The topological polar surface area (TPSA) is 57.2 Å². The Morgan fingerprint density at radius 2 is 1.93 bits per heavy atom. The molecule has 1 aromatic carbocycles. The summed E-state index contributed by atoms with van der Waals surface area (Å²) in [5.41, 5.74) is 0.396. The molecule has 0 amide bonds.